The first kappa shape index (κ1) is 14.6. The standard InChI is InChI=1S/C6H10N2.C2H2O4/c1-2-5-8-6-3-4-7;3-1(4)2(5)6/h2,8H,1,3,5-6H2;(H,3,4)(H,5,6). The highest BCUT2D eigenvalue weighted by Crippen LogP contribution is 1.68. The van der Waals surface area contributed by atoms with E-state index in [1.165, 1.54) is 0 Å². The fourth-order valence-corrected chi connectivity index (χ4v) is 0.348. The van der Waals surface area contributed by atoms with Gasteiger partial charge in [0.2, 0.25) is 0 Å². The molecule has 78 valence electrons. The monoisotopic (exact) mass is 200 g/mol. The maximum atomic E-state index is 9.10. The van der Waals surface area contributed by atoms with Crippen LogP contribution in [0.5, 0.6) is 0 Å². The molecule has 0 bridgehead atoms. The van der Waals surface area contributed by atoms with Crippen molar-refractivity contribution in [2.24, 2.45) is 0 Å². The van der Waals surface area contributed by atoms with E-state index in [2.05, 4.69) is 11.9 Å². The molecule has 0 unspecified atom stereocenters. The Balaban J connectivity index is 0. The first-order valence-corrected chi connectivity index (χ1v) is 3.71. The predicted molar refractivity (Wildman–Crippen MR) is 48.6 cm³/mol. The van der Waals surface area contributed by atoms with E-state index in [9.17, 15) is 0 Å². The van der Waals surface area contributed by atoms with Crippen LogP contribution >= 0.6 is 0 Å². The number of rotatable bonds is 4. The summed E-state index contributed by atoms with van der Waals surface area (Å²) in [7, 11) is 0. The lowest BCUT2D eigenvalue weighted by molar-refractivity contribution is -0.159. The van der Waals surface area contributed by atoms with Crippen LogP contribution in [0.25, 0.3) is 0 Å². The van der Waals surface area contributed by atoms with Crippen LogP contribution in [0.4, 0.5) is 0 Å². The number of carboxylic acids is 2. The minimum absolute atomic E-state index is 0.577. The van der Waals surface area contributed by atoms with Crippen molar-refractivity contribution >= 4 is 11.9 Å². The molecule has 0 amide bonds. The lowest BCUT2D eigenvalue weighted by Gasteiger charge is -1.91. The van der Waals surface area contributed by atoms with Crippen molar-refractivity contribution in [3.8, 4) is 6.07 Å². The zero-order valence-corrected chi connectivity index (χ0v) is 7.56. The van der Waals surface area contributed by atoms with Gasteiger partial charge in [0.1, 0.15) is 0 Å². The molecule has 0 aromatic heterocycles. The first-order chi connectivity index (χ1) is 6.56. The van der Waals surface area contributed by atoms with Crippen LogP contribution < -0.4 is 5.32 Å². The van der Waals surface area contributed by atoms with Crippen LogP contribution in [-0.4, -0.2) is 35.2 Å². The van der Waals surface area contributed by atoms with Gasteiger partial charge in [-0.2, -0.15) is 5.26 Å². The number of hydrogen-bond acceptors (Lipinski definition) is 4. The Morgan fingerprint density at radius 2 is 1.93 bits per heavy atom. The second kappa shape index (κ2) is 11.1. The summed E-state index contributed by atoms with van der Waals surface area (Å²) >= 11 is 0. The van der Waals surface area contributed by atoms with Crippen molar-refractivity contribution in [2.75, 3.05) is 13.1 Å². The van der Waals surface area contributed by atoms with Gasteiger partial charge in [-0.3, -0.25) is 0 Å². The third-order valence-corrected chi connectivity index (χ3v) is 0.885. The second-order valence-corrected chi connectivity index (χ2v) is 2.01. The van der Waals surface area contributed by atoms with Crippen molar-refractivity contribution in [1.29, 1.82) is 5.26 Å². The zero-order valence-electron chi connectivity index (χ0n) is 7.56. The lowest BCUT2D eigenvalue weighted by Crippen LogP contribution is -2.13. The molecule has 6 heteroatoms. The van der Waals surface area contributed by atoms with Gasteiger partial charge in [-0.15, -0.1) is 6.58 Å². The summed E-state index contributed by atoms with van der Waals surface area (Å²) in [6, 6.07) is 2.03. The van der Waals surface area contributed by atoms with Gasteiger partial charge >= 0.3 is 11.9 Å². The fourth-order valence-electron chi connectivity index (χ4n) is 0.348. The molecule has 0 radical (unpaired) electrons. The van der Waals surface area contributed by atoms with Gasteiger partial charge < -0.3 is 15.5 Å². The van der Waals surface area contributed by atoms with E-state index in [1.807, 2.05) is 6.07 Å². The normalized spacial score (nSPS) is 7.64. The number of nitriles is 1. The average Bonchev–Trinajstić information content (AvgIpc) is 2.13. The highest BCUT2D eigenvalue weighted by molar-refractivity contribution is 6.27. The van der Waals surface area contributed by atoms with Gasteiger partial charge in [0.05, 0.1) is 6.07 Å². The van der Waals surface area contributed by atoms with Crippen LogP contribution in [0.3, 0.4) is 0 Å². The van der Waals surface area contributed by atoms with Crippen molar-refractivity contribution in [3.63, 3.8) is 0 Å². The van der Waals surface area contributed by atoms with Gasteiger partial charge in [0.25, 0.3) is 0 Å². The Morgan fingerprint density at radius 1 is 1.43 bits per heavy atom. The fraction of sp³-hybridized carbons (Fsp3) is 0.375. The maximum absolute atomic E-state index is 9.10. The SMILES string of the molecule is C=CCNCCC#N.O=C(O)C(=O)O. The van der Waals surface area contributed by atoms with E-state index in [-0.39, 0.29) is 0 Å². The number of carbonyl (C=O) groups is 2. The Morgan fingerprint density at radius 3 is 2.21 bits per heavy atom. The molecular formula is C8H12N2O4. The molecule has 0 aliphatic carbocycles. The third-order valence-electron chi connectivity index (χ3n) is 0.885. The summed E-state index contributed by atoms with van der Waals surface area (Å²) in [5.74, 6) is -3.65. The molecule has 0 rings (SSSR count). The van der Waals surface area contributed by atoms with Crippen LogP contribution in [0.15, 0.2) is 12.7 Å². The van der Waals surface area contributed by atoms with Crippen molar-refractivity contribution in [1.82, 2.24) is 5.32 Å². The van der Waals surface area contributed by atoms with E-state index < -0.39 is 11.9 Å². The molecule has 0 aliphatic heterocycles. The molecule has 0 spiro atoms. The van der Waals surface area contributed by atoms with E-state index >= 15 is 0 Å². The van der Waals surface area contributed by atoms with Crippen molar-refractivity contribution < 1.29 is 19.8 Å². The van der Waals surface area contributed by atoms with Crippen molar-refractivity contribution in [3.05, 3.63) is 12.7 Å². The summed E-state index contributed by atoms with van der Waals surface area (Å²) in [4.78, 5) is 18.2. The quantitative estimate of drug-likeness (QED) is 0.330. The summed E-state index contributed by atoms with van der Waals surface area (Å²) in [6.45, 7) is 5.07. The van der Waals surface area contributed by atoms with E-state index in [4.69, 9.17) is 25.1 Å². The molecule has 3 N–H and O–H groups in total. The highest BCUT2D eigenvalue weighted by atomic mass is 16.4. The molecule has 0 fully saturated rings. The third kappa shape index (κ3) is 16.6. The van der Waals surface area contributed by atoms with Crippen LogP contribution in [0.1, 0.15) is 6.42 Å². The Labute approximate surface area is 81.5 Å². The van der Waals surface area contributed by atoms with Crippen LogP contribution in [-0.2, 0) is 9.59 Å². The van der Waals surface area contributed by atoms with Gasteiger partial charge in [-0.25, -0.2) is 9.59 Å². The predicted octanol–water partition coefficient (Wildman–Crippen LogP) is -0.169. The number of aliphatic carboxylic acids is 2. The molecule has 0 aromatic rings. The van der Waals surface area contributed by atoms with Crippen LogP contribution in [0, 0.1) is 11.3 Å². The van der Waals surface area contributed by atoms with Gasteiger partial charge in [-0.05, 0) is 0 Å². The van der Waals surface area contributed by atoms with Gasteiger partial charge in [0, 0.05) is 19.5 Å². The highest BCUT2D eigenvalue weighted by Gasteiger charge is 2.04. The molecular weight excluding hydrogens is 188 g/mol. The van der Waals surface area contributed by atoms with Crippen molar-refractivity contribution in [2.45, 2.75) is 6.42 Å². The maximum Gasteiger partial charge on any atom is 0.414 e. The average molecular weight is 200 g/mol. The summed E-state index contributed by atoms with van der Waals surface area (Å²) in [5.41, 5.74) is 0. The molecule has 0 aliphatic rings. The largest absolute Gasteiger partial charge is 0.473 e. The second-order valence-electron chi connectivity index (χ2n) is 2.01. The number of hydrogen-bond donors (Lipinski definition) is 3. The molecule has 0 heterocycles. The minimum Gasteiger partial charge on any atom is -0.473 e. The molecule has 0 saturated heterocycles. The Hall–Kier alpha value is -1.87. The zero-order chi connectivity index (χ0) is 11.4. The Kier molecular flexibility index (Phi) is 11.6. The Bertz CT molecular complexity index is 220. The molecule has 0 saturated carbocycles. The van der Waals surface area contributed by atoms with Gasteiger partial charge in [0.15, 0.2) is 0 Å². The lowest BCUT2D eigenvalue weighted by atomic mass is 10.4. The minimum atomic E-state index is -1.82. The molecule has 0 atom stereocenters. The summed E-state index contributed by atoms with van der Waals surface area (Å²) in [5, 5.41) is 25.8. The smallest absolute Gasteiger partial charge is 0.414 e. The van der Waals surface area contributed by atoms with Gasteiger partial charge in [-0.1, -0.05) is 6.08 Å². The topological polar surface area (TPSA) is 110 Å². The van der Waals surface area contributed by atoms with E-state index in [1.54, 1.807) is 6.08 Å². The molecule has 0 aromatic carbocycles. The summed E-state index contributed by atoms with van der Waals surface area (Å²) in [6.07, 6.45) is 2.35. The van der Waals surface area contributed by atoms with Crippen LogP contribution in [0.2, 0.25) is 0 Å². The number of nitrogens with one attached hydrogen (secondary N) is 1. The van der Waals surface area contributed by atoms with E-state index in [0.717, 1.165) is 13.1 Å². The molecule has 14 heavy (non-hydrogen) atoms. The summed E-state index contributed by atoms with van der Waals surface area (Å²) < 4.78 is 0. The molecule has 6 nitrogen and oxygen atoms in total. The number of nitrogens with zero attached hydrogens (tertiary/aromatic N) is 1. The number of carboxylic acid groups (broad SMARTS) is 2. The van der Waals surface area contributed by atoms with E-state index in [0.29, 0.717) is 6.42 Å². The first-order valence-electron chi connectivity index (χ1n) is 3.71.